The fourth-order valence-electron chi connectivity index (χ4n) is 2.34. The Morgan fingerprint density at radius 2 is 1.74 bits per heavy atom. The molecule has 102 valence electrons. The SMILES string of the molecule is NC1CCC(C(=O)C(=O)OCc2ccccc2)CC1. The number of carbonyl (C=O) groups is 2. The van der Waals surface area contributed by atoms with E-state index in [9.17, 15) is 9.59 Å². The van der Waals surface area contributed by atoms with Gasteiger partial charge in [-0.15, -0.1) is 0 Å². The van der Waals surface area contributed by atoms with E-state index in [0.29, 0.717) is 12.8 Å². The van der Waals surface area contributed by atoms with Crippen LogP contribution in [0.15, 0.2) is 30.3 Å². The predicted molar refractivity (Wildman–Crippen MR) is 71.2 cm³/mol. The number of Topliss-reactive ketones (excluding diaryl/α,β-unsaturated/α-hetero) is 1. The number of nitrogens with two attached hydrogens (primary N) is 1. The molecule has 19 heavy (non-hydrogen) atoms. The van der Waals surface area contributed by atoms with Gasteiger partial charge < -0.3 is 10.5 Å². The van der Waals surface area contributed by atoms with Gasteiger partial charge in [-0.1, -0.05) is 30.3 Å². The molecule has 1 aliphatic rings. The Hall–Kier alpha value is -1.68. The van der Waals surface area contributed by atoms with E-state index in [1.54, 1.807) is 0 Å². The molecule has 2 rings (SSSR count). The summed E-state index contributed by atoms with van der Waals surface area (Å²) in [7, 11) is 0. The maximum absolute atomic E-state index is 11.9. The molecule has 0 amide bonds. The third kappa shape index (κ3) is 3.89. The van der Waals surface area contributed by atoms with Gasteiger partial charge in [0.25, 0.3) is 0 Å². The lowest BCUT2D eigenvalue weighted by atomic mass is 9.84. The summed E-state index contributed by atoms with van der Waals surface area (Å²) < 4.78 is 5.05. The van der Waals surface area contributed by atoms with E-state index < -0.39 is 11.8 Å². The molecule has 4 nitrogen and oxygen atoms in total. The highest BCUT2D eigenvalue weighted by Gasteiger charge is 2.30. The summed E-state index contributed by atoms with van der Waals surface area (Å²) in [5.74, 6) is -1.32. The first-order valence-corrected chi connectivity index (χ1v) is 6.67. The Morgan fingerprint density at radius 1 is 1.11 bits per heavy atom. The van der Waals surface area contributed by atoms with Gasteiger partial charge in [0.2, 0.25) is 5.78 Å². The normalized spacial score (nSPS) is 22.8. The van der Waals surface area contributed by atoms with Crippen molar-refractivity contribution in [1.82, 2.24) is 0 Å². The molecule has 4 heteroatoms. The summed E-state index contributed by atoms with van der Waals surface area (Å²) in [5, 5.41) is 0. The minimum Gasteiger partial charge on any atom is -0.455 e. The smallest absolute Gasteiger partial charge is 0.375 e. The maximum Gasteiger partial charge on any atom is 0.375 e. The molecular weight excluding hydrogens is 242 g/mol. The molecule has 0 aliphatic heterocycles. The summed E-state index contributed by atoms with van der Waals surface area (Å²) in [6, 6.07) is 9.52. The van der Waals surface area contributed by atoms with Crippen LogP contribution in [0.2, 0.25) is 0 Å². The molecule has 0 radical (unpaired) electrons. The number of hydrogen-bond acceptors (Lipinski definition) is 4. The molecule has 0 heterocycles. The molecule has 1 aromatic rings. The number of ketones is 1. The van der Waals surface area contributed by atoms with E-state index in [-0.39, 0.29) is 18.6 Å². The highest BCUT2D eigenvalue weighted by Crippen LogP contribution is 2.24. The number of ether oxygens (including phenoxy) is 1. The maximum atomic E-state index is 11.9. The highest BCUT2D eigenvalue weighted by molar-refractivity contribution is 6.34. The Kier molecular flexibility index (Phi) is 4.68. The fourth-order valence-corrected chi connectivity index (χ4v) is 2.34. The first-order valence-electron chi connectivity index (χ1n) is 6.67. The van der Waals surface area contributed by atoms with E-state index in [1.807, 2.05) is 30.3 Å². The van der Waals surface area contributed by atoms with Crippen LogP contribution in [0.25, 0.3) is 0 Å². The number of benzene rings is 1. The summed E-state index contributed by atoms with van der Waals surface area (Å²) in [5.41, 5.74) is 6.66. The fraction of sp³-hybridized carbons (Fsp3) is 0.467. The number of carbonyl (C=O) groups excluding carboxylic acids is 2. The minimum absolute atomic E-state index is 0.150. The Balaban J connectivity index is 1.81. The van der Waals surface area contributed by atoms with E-state index in [4.69, 9.17) is 10.5 Å². The summed E-state index contributed by atoms with van der Waals surface area (Å²) in [6.07, 6.45) is 3.01. The van der Waals surface area contributed by atoms with Crippen LogP contribution in [-0.4, -0.2) is 17.8 Å². The van der Waals surface area contributed by atoms with Gasteiger partial charge in [0.05, 0.1) is 0 Å². The van der Waals surface area contributed by atoms with Crippen LogP contribution in [0.3, 0.4) is 0 Å². The Labute approximate surface area is 112 Å². The average Bonchev–Trinajstić information content (AvgIpc) is 2.46. The van der Waals surface area contributed by atoms with Crippen LogP contribution >= 0.6 is 0 Å². The predicted octanol–water partition coefficient (Wildman–Crippen LogP) is 1.82. The quantitative estimate of drug-likeness (QED) is 0.663. The zero-order chi connectivity index (χ0) is 13.7. The average molecular weight is 261 g/mol. The van der Waals surface area contributed by atoms with Crippen molar-refractivity contribution in [2.75, 3.05) is 0 Å². The molecular formula is C15H19NO3. The van der Waals surface area contributed by atoms with Crippen molar-refractivity contribution in [2.24, 2.45) is 11.7 Å². The number of esters is 1. The zero-order valence-corrected chi connectivity index (χ0v) is 10.9. The molecule has 0 bridgehead atoms. The van der Waals surface area contributed by atoms with Crippen molar-refractivity contribution in [3.63, 3.8) is 0 Å². The van der Waals surface area contributed by atoms with E-state index in [0.717, 1.165) is 18.4 Å². The van der Waals surface area contributed by atoms with Crippen LogP contribution in [-0.2, 0) is 20.9 Å². The van der Waals surface area contributed by atoms with Crippen molar-refractivity contribution in [3.8, 4) is 0 Å². The molecule has 0 atom stereocenters. The van der Waals surface area contributed by atoms with Gasteiger partial charge >= 0.3 is 5.97 Å². The van der Waals surface area contributed by atoms with Gasteiger partial charge in [-0.05, 0) is 31.2 Å². The minimum atomic E-state index is -0.718. The van der Waals surface area contributed by atoms with E-state index >= 15 is 0 Å². The molecule has 1 fully saturated rings. The molecule has 1 aromatic carbocycles. The summed E-state index contributed by atoms with van der Waals surface area (Å²) in [6.45, 7) is 0.150. The summed E-state index contributed by atoms with van der Waals surface area (Å²) in [4.78, 5) is 23.6. The van der Waals surface area contributed by atoms with Crippen LogP contribution in [0.4, 0.5) is 0 Å². The van der Waals surface area contributed by atoms with Gasteiger partial charge in [-0.25, -0.2) is 4.79 Å². The van der Waals surface area contributed by atoms with Crippen molar-refractivity contribution in [1.29, 1.82) is 0 Å². The highest BCUT2D eigenvalue weighted by atomic mass is 16.5. The van der Waals surface area contributed by atoms with Crippen molar-refractivity contribution >= 4 is 11.8 Å². The lowest BCUT2D eigenvalue weighted by molar-refractivity contribution is -0.157. The standard InChI is InChI=1S/C15H19NO3/c16-13-8-6-12(7-9-13)14(17)15(18)19-10-11-4-2-1-3-5-11/h1-5,12-13H,6-10,16H2. The largest absolute Gasteiger partial charge is 0.455 e. The lowest BCUT2D eigenvalue weighted by Gasteiger charge is -2.24. The van der Waals surface area contributed by atoms with E-state index in [2.05, 4.69) is 0 Å². The zero-order valence-electron chi connectivity index (χ0n) is 10.9. The lowest BCUT2D eigenvalue weighted by Crippen LogP contribution is -2.33. The van der Waals surface area contributed by atoms with E-state index in [1.165, 1.54) is 0 Å². The second kappa shape index (κ2) is 6.48. The molecule has 0 unspecified atom stereocenters. The molecule has 1 saturated carbocycles. The summed E-state index contributed by atoms with van der Waals surface area (Å²) >= 11 is 0. The first-order chi connectivity index (χ1) is 9.16. The topological polar surface area (TPSA) is 69.4 Å². The van der Waals surface area contributed by atoms with Gasteiger partial charge in [0.1, 0.15) is 6.61 Å². The second-order valence-electron chi connectivity index (χ2n) is 5.04. The van der Waals surface area contributed by atoms with Crippen molar-refractivity contribution in [2.45, 2.75) is 38.3 Å². The van der Waals surface area contributed by atoms with Crippen LogP contribution in [0.5, 0.6) is 0 Å². The van der Waals surface area contributed by atoms with Gasteiger partial charge in [-0.2, -0.15) is 0 Å². The second-order valence-corrected chi connectivity index (χ2v) is 5.04. The number of rotatable bonds is 4. The van der Waals surface area contributed by atoms with Gasteiger partial charge in [-0.3, -0.25) is 4.79 Å². The van der Waals surface area contributed by atoms with Crippen LogP contribution in [0.1, 0.15) is 31.2 Å². The Bertz CT molecular complexity index is 436. The van der Waals surface area contributed by atoms with Crippen molar-refractivity contribution < 1.29 is 14.3 Å². The molecule has 1 aliphatic carbocycles. The molecule has 2 N–H and O–H groups in total. The molecule has 0 saturated heterocycles. The molecule has 0 aromatic heterocycles. The van der Waals surface area contributed by atoms with Gasteiger partial charge in [0.15, 0.2) is 0 Å². The van der Waals surface area contributed by atoms with Crippen LogP contribution < -0.4 is 5.73 Å². The Morgan fingerprint density at radius 3 is 2.37 bits per heavy atom. The van der Waals surface area contributed by atoms with Crippen LogP contribution in [0, 0.1) is 5.92 Å². The molecule has 0 spiro atoms. The van der Waals surface area contributed by atoms with Gasteiger partial charge in [0, 0.05) is 12.0 Å². The first kappa shape index (κ1) is 13.7. The van der Waals surface area contributed by atoms with Crippen molar-refractivity contribution in [3.05, 3.63) is 35.9 Å². The monoisotopic (exact) mass is 261 g/mol. The third-order valence-electron chi connectivity index (χ3n) is 3.56. The number of hydrogen-bond donors (Lipinski definition) is 1. The third-order valence-corrected chi connectivity index (χ3v) is 3.56.